The first kappa shape index (κ1) is 18.2. The maximum atomic E-state index is 12.7. The van der Waals surface area contributed by atoms with Crippen LogP contribution < -0.4 is 10.2 Å². The second-order valence-electron chi connectivity index (χ2n) is 6.22. The highest BCUT2D eigenvalue weighted by molar-refractivity contribution is 6.30. The molecule has 1 saturated heterocycles. The molecular formula is C19H19N5O3. The SMILES string of the molecule is CN(C)c1ncc(/C=C2\C(=O)NC(=O)N(CCc3ccccc3)C2=O)cn1. The average molecular weight is 365 g/mol. The zero-order valence-corrected chi connectivity index (χ0v) is 15.0. The van der Waals surface area contributed by atoms with Crippen LogP contribution in [0.15, 0.2) is 48.3 Å². The molecule has 0 unspecified atom stereocenters. The Morgan fingerprint density at radius 2 is 1.74 bits per heavy atom. The molecule has 0 aliphatic carbocycles. The number of imide groups is 2. The molecular weight excluding hydrogens is 346 g/mol. The van der Waals surface area contributed by atoms with Gasteiger partial charge >= 0.3 is 6.03 Å². The third-order valence-corrected chi connectivity index (χ3v) is 4.02. The number of nitrogens with one attached hydrogen (secondary N) is 1. The fourth-order valence-electron chi connectivity index (χ4n) is 2.59. The monoisotopic (exact) mass is 365 g/mol. The summed E-state index contributed by atoms with van der Waals surface area (Å²) in [6, 6.07) is 8.79. The second kappa shape index (κ2) is 7.77. The quantitative estimate of drug-likeness (QED) is 0.633. The molecule has 0 bridgehead atoms. The number of benzene rings is 1. The van der Waals surface area contributed by atoms with Crippen molar-refractivity contribution in [1.29, 1.82) is 0 Å². The summed E-state index contributed by atoms with van der Waals surface area (Å²) in [5.74, 6) is -0.842. The van der Waals surface area contributed by atoms with Gasteiger partial charge in [-0.05, 0) is 18.1 Å². The fourth-order valence-corrected chi connectivity index (χ4v) is 2.59. The molecule has 138 valence electrons. The van der Waals surface area contributed by atoms with E-state index in [-0.39, 0.29) is 12.1 Å². The number of aromatic nitrogens is 2. The lowest BCUT2D eigenvalue weighted by Crippen LogP contribution is -2.54. The number of carbonyl (C=O) groups is 3. The van der Waals surface area contributed by atoms with E-state index in [1.807, 2.05) is 44.4 Å². The van der Waals surface area contributed by atoms with Crippen molar-refractivity contribution in [2.75, 3.05) is 25.5 Å². The molecule has 0 radical (unpaired) electrons. The molecule has 1 aliphatic heterocycles. The van der Waals surface area contributed by atoms with Gasteiger partial charge in [0.1, 0.15) is 5.57 Å². The summed E-state index contributed by atoms with van der Waals surface area (Å²) < 4.78 is 0. The molecule has 27 heavy (non-hydrogen) atoms. The number of barbiturate groups is 1. The first-order chi connectivity index (χ1) is 13.0. The molecule has 0 spiro atoms. The molecule has 8 heteroatoms. The van der Waals surface area contributed by atoms with Gasteiger partial charge < -0.3 is 4.90 Å². The van der Waals surface area contributed by atoms with Crippen molar-refractivity contribution in [2.45, 2.75) is 6.42 Å². The number of carbonyl (C=O) groups excluding carboxylic acids is 3. The van der Waals surface area contributed by atoms with Crippen LogP contribution in [0.2, 0.25) is 0 Å². The summed E-state index contributed by atoms with van der Waals surface area (Å²) in [7, 11) is 3.61. The van der Waals surface area contributed by atoms with Crippen LogP contribution in [0.25, 0.3) is 6.08 Å². The van der Waals surface area contributed by atoms with Gasteiger partial charge in [-0.15, -0.1) is 0 Å². The first-order valence-electron chi connectivity index (χ1n) is 8.38. The summed E-state index contributed by atoms with van der Waals surface area (Å²) >= 11 is 0. The number of hydrogen-bond acceptors (Lipinski definition) is 6. The molecule has 0 saturated carbocycles. The van der Waals surface area contributed by atoms with E-state index < -0.39 is 17.8 Å². The van der Waals surface area contributed by atoms with Gasteiger partial charge in [0, 0.05) is 38.6 Å². The molecule has 1 aliphatic rings. The van der Waals surface area contributed by atoms with Crippen molar-refractivity contribution >= 4 is 29.9 Å². The molecule has 1 fully saturated rings. The van der Waals surface area contributed by atoms with E-state index in [2.05, 4.69) is 15.3 Å². The molecule has 0 atom stereocenters. The smallest absolute Gasteiger partial charge is 0.331 e. The van der Waals surface area contributed by atoms with Crippen LogP contribution in [0.5, 0.6) is 0 Å². The van der Waals surface area contributed by atoms with E-state index in [1.54, 1.807) is 4.90 Å². The maximum Gasteiger partial charge on any atom is 0.331 e. The Labute approximate surface area is 156 Å². The molecule has 1 aromatic heterocycles. The summed E-state index contributed by atoms with van der Waals surface area (Å²) in [5.41, 5.74) is 1.37. The summed E-state index contributed by atoms with van der Waals surface area (Å²) in [6.45, 7) is 0.176. The van der Waals surface area contributed by atoms with Crippen LogP contribution in [0.3, 0.4) is 0 Å². The third-order valence-electron chi connectivity index (χ3n) is 4.02. The van der Waals surface area contributed by atoms with Gasteiger partial charge in [0.05, 0.1) is 0 Å². The van der Waals surface area contributed by atoms with Gasteiger partial charge in [0.15, 0.2) is 0 Å². The highest BCUT2D eigenvalue weighted by Crippen LogP contribution is 2.15. The maximum absolute atomic E-state index is 12.7. The van der Waals surface area contributed by atoms with Gasteiger partial charge in [0.2, 0.25) is 5.95 Å². The van der Waals surface area contributed by atoms with Gasteiger partial charge in [0.25, 0.3) is 11.8 Å². The highest BCUT2D eigenvalue weighted by atomic mass is 16.2. The molecule has 2 aromatic rings. The Bertz CT molecular complexity index is 891. The Kier molecular flexibility index (Phi) is 5.25. The van der Waals surface area contributed by atoms with Crippen molar-refractivity contribution in [3.63, 3.8) is 0 Å². The van der Waals surface area contributed by atoms with E-state index in [0.717, 1.165) is 10.5 Å². The molecule has 1 N–H and O–H groups in total. The van der Waals surface area contributed by atoms with E-state index in [0.29, 0.717) is 17.9 Å². The highest BCUT2D eigenvalue weighted by Gasteiger charge is 2.35. The lowest BCUT2D eigenvalue weighted by molar-refractivity contribution is -0.130. The molecule has 1 aromatic carbocycles. The van der Waals surface area contributed by atoms with Crippen LogP contribution in [0.4, 0.5) is 10.7 Å². The van der Waals surface area contributed by atoms with Crippen LogP contribution in [0, 0.1) is 0 Å². The molecule has 8 nitrogen and oxygen atoms in total. The standard InChI is InChI=1S/C19H19N5O3/c1-23(2)18-20-11-14(12-21-18)10-15-16(25)22-19(27)24(17(15)26)9-8-13-6-4-3-5-7-13/h3-7,10-12H,8-9H2,1-2H3,(H,22,25,27)/b15-10+. The molecule has 2 heterocycles. The zero-order valence-electron chi connectivity index (χ0n) is 15.0. The van der Waals surface area contributed by atoms with Crippen LogP contribution in [0.1, 0.15) is 11.1 Å². The van der Waals surface area contributed by atoms with Crippen molar-refractivity contribution < 1.29 is 14.4 Å². The zero-order chi connectivity index (χ0) is 19.4. The number of hydrogen-bond donors (Lipinski definition) is 1. The Balaban J connectivity index is 1.79. The Hall–Kier alpha value is -3.55. The van der Waals surface area contributed by atoms with Crippen LogP contribution in [-0.2, 0) is 16.0 Å². The van der Waals surface area contributed by atoms with Crippen molar-refractivity contribution in [1.82, 2.24) is 20.2 Å². The minimum atomic E-state index is -0.724. The minimum Gasteiger partial charge on any atom is -0.347 e. The fraction of sp³-hybridized carbons (Fsp3) is 0.211. The third kappa shape index (κ3) is 4.17. The van der Waals surface area contributed by atoms with Gasteiger partial charge in [-0.25, -0.2) is 14.8 Å². The lowest BCUT2D eigenvalue weighted by atomic mass is 10.1. The predicted octanol–water partition coefficient (Wildman–Crippen LogP) is 1.25. The van der Waals surface area contributed by atoms with Gasteiger partial charge in [-0.1, -0.05) is 30.3 Å². The van der Waals surface area contributed by atoms with Crippen molar-refractivity contribution in [2.24, 2.45) is 0 Å². The first-order valence-corrected chi connectivity index (χ1v) is 8.38. The van der Waals surface area contributed by atoms with E-state index in [1.165, 1.54) is 18.5 Å². The topological polar surface area (TPSA) is 95.5 Å². The Morgan fingerprint density at radius 3 is 2.37 bits per heavy atom. The number of nitrogens with zero attached hydrogens (tertiary/aromatic N) is 4. The molecule has 3 rings (SSSR count). The molecule has 4 amide bonds. The minimum absolute atomic E-state index is 0.121. The summed E-state index contributed by atoms with van der Waals surface area (Å²) in [4.78, 5) is 47.9. The Morgan fingerprint density at radius 1 is 1.07 bits per heavy atom. The van der Waals surface area contributed by atoms with Crippen LogP contribution >= 0.6 is 0 Å². The van der Waals surface area contributed by atoms with E-state index >= 15 is 0 Å². The summed E-state index contributed by atoms with van der Waals surface area (Å²) in [6.07, 6.45) is 4.92. The largest absolute Gasteiger partial charge is 0.347 e. The van der Waals surface area contributed by atoms with E-state index in [4.69, 9.17) is 0 Å². The van der Waals surface area contributed by atoms with Crippen molar-refractivity contribution in [3.05, 3.63) is 59.4 Å². The number of urea groups is 1. The number of amides is 4. The normalized spacial score (nSPS) is 15.9. The second-order valence-corrected chi connectivity index (χ2v) is 6.22. The average Bonchev–Trinajstić information content (AvgIpc) is 2.66. The number of rotatable bonds is 5. The van der Waals surface area contributed by atoms with Gasteiger partial charge in [-0.2, -0.15) is 0 Å². The van der Waals surface area contributed by atoms with Crippen molar-refractivity contribution in [3.8, 4) is 0 Å². The predicted molar refractivity (Wildman–Crippen MR) is 99.7 cm³/mol. The van der Waals surface area contributed by atoms with E-state index in [9.17, 15) is 14.4 Å². The van der Waals surface area contributed by atoms with Crippen LogP contribution in [-0.4, -0.2) is 53.4 Å². The number of anilines is 1. The van der Waals surface area contributed by atoms with Gasteiger partial charge in [-0.3, -0.25) is 19.8 Å². The lowest BCUT2D eigenvalue weighted by Gasteiger charge is -2.26. The summed E-state index contributed by atoms with van der Waals surface area (Å²) in [5, 5.41) is 2.21.